The van der Waals surface area contributed by atoms with E-state index in [9.17, 15) is 4.79 Å². The summed E-state index contributed by atoms with van der Waals surface area (Å²) in [4.78, 5) is 13.1. The molecule has 0 saturated carbocycles. The van der Waals surface area contributed by atoms with Crippen molar-refractivity contribution in [2.75, 3.05) is 28.4 Å². The minimum Gasteiger partial charge on any atom is -0.492 e. The van der Waals surface area contributed by atoms with Gasteiger partial charge in [0, 0.05) is 26.1 Å². The monoisotopic (exact) mass is 434 g/mol. The quantitative estimate of drug-likeness (QED) is 0.273. The van der Waals surface area contributed by atoms with Crippen molar-refractivity contribution >= 4 is 5.78 Å². The lowest BCUT2D eigenvalue weighted by atomic mass is 9.75. The molecule has 0 aromatic heterocycles. The van der Waals surface area contributed by atoms with Gasteiger partial charge in [-0.3, -0.25) is 4.79 Å². The SMILES string of the molecule is COC1=C(OC)C(OC)(OC)C(C)[C@@H](C/C=C(\C)CC/C=C(\C)CCC=C(C)C)C1=O. The van der Waals surface area contributed by atoms with Crippen molar-refractivity contribution in [2.24, 2.45) is 11.8 Å². The lowest BCUT2D eigenvalue weighted by Gasteiger charge is -2.43. The third-order valence-electron chi connectivity index (χ3n) is 6.14. The summed E-state index contributed by atoms with van der Waals surface area (Å²) in [6, 6.07) is 0. The average molecular weight is 435 g/mol. The number of allylic oxidation sites excluding steroid dienone is 7. The summed E-state index contributed by atoms with van der Waals surface area (Å²) >= 11 is 0. The molecule has 176 valence electrons. The smallest absolute Gasteiger partial charge is 0.234 e. The van der Waals surface area contributed by atoms with Crippen molar-refractivity contribution in [3.05, 3.63) is 46.5 Å². The van der Waals surface area contributed by atoms with Gasteiger partial charge in [0.15, 0.2) is 0 Å². The lowest BCUT2D eigenvalue weighted by Crippen LogP contribution is -2.52. The zero-order valence-corrected chi connectivity index (χ0v) is 21.0. The van der Waals surface area contributed by atoms with Crippen LogP contribution in [-0.2, 0) is 23.7 Å². The van der Waals surface area contributed by atoms with E-state index >= 15 is 0 Å². The molecule has 5 nitrogen and oxygen atoms in total. The fourth-order valence-electron chi connectivity index (χ4n) is 4.18. The normalized spacial score (nSPS) is 21.9. The molecule has 0 aromatic rings. The third-order valence-corrected chi connectivity index (χ3v) is 6.14. The molecule has 0 fully saturated rings. The molecular weight excluding hydrogens is 392 g/mol. The van der Waals surface area contributed by atoms with E-state index in [2.05, 4.69) is 45.9 Å². The number of hydrogen-bond donors (Lipinski definition) is 0. The van der Waals surface area contributed by atoms with E-state index in [-0.39, 0.29) is 23.4 Å². The molecule has 0 aliphatic heterocycles. The van der Waals surface area contributed by atoms with Gasteiger partial charge >= 0.3 is 0 Å². The van der Waals surface area contributed by atoms with Crippen molar-refractivity contribution in [3.8, 4) is 0 Å². The second-order valence-electron chi connectivity index (χ2n) is 8.60. The van der Waals surface area contributed by atoms with Crippen molar-refractivity contribution in [3.63, 3.8) is 0 Å². The number of carbonyl (C=O) groups excluding carboxylic acids is 1. The second kappa shape index (κ2) is 12.9. The zero-order valence-electron chi connectivity index (χ0n) is 21.0. The summed E-state index contributed by atoms with van der Waals surface area (Å²) in [6.07, 6.45) is 11.6. The number of carbonyl (C=O) groups is 1. The average Bonchev–Trinajstić information content (AvgIpc) is 2.73. The van der Waals surface area contributed by atoms with Crippen LogP contribution in [0.15, 0.2) is 46.5 Å². The predicted molar refractivity (Wildman–Crippen MR) is 125 cm³/mol. The summed E-state index contributed by atoms with van der Waals surface area (Å²) in [7, 11) is 6.10. The number of methoxy groups -OCH3 is 4. The van der Waals surface area contributed by atoms with Gasteiger partial charge in [0.1, 0.15) is 0 Å². The summed E-state index contributed by atoms with van der Waals surface area (Å²) in [5.41, 5.74) is 4.07. The van der Waals surface area contributed by atoms with Crippen LogP contribution in [0.3, 0.4) is 0 Å². The maximum atomic E-state index is 13.1. The zero-order chi connectivity index (χ0) is 23.6. The van der Waals surface area contributed by atoms with Gasteiger partial charge < -0.3 is 18.9 Å². The molecule has 0 aromatic carbocycles. The van der Waals surface area contributed by atoms with Crippen LogP contribution in [0.1, 0.15) is 66.7 Å². The van der Waals surface area contributed by atoms with Crippen molar-refractivity contribution in [1.82, 2.24) is 0 Å². The van der Waals surface area contributed by atoms with E-state index in [1.54, 1.807) is 14.2 Å². The Morgan fingerprint density at radius 3 is 1.90 bits per heavy atom. The Labute approximate surface area is 189 Å². The molecule has 5 heteroatoms. The van der Waals surface area contributed by atoms with E-state index in [4.69, 9.17) is 18.9 Å². The van der Waals surface area contributed by atoms with E-state index in [0.29, 0.717) is 12.2 Å². The summed E-state index contributed by atoms with van der Waals surface area (Å²) in [5, 5.41) is 0. The van der Waals surface area contributed by atoms with Crippen LogP contribution < -0.4 is 0 Å². The first-order valence-corrected chi connectivity index (χ1v) is 11.1. The number of ketones is 1. The molecule has 1 rings (SSSR count). The minimum atomic E-state index is -1.15. The predicted octanol–water partition coefficient (Wildman–Crippen LogP) is 6.12. The van der Waals surface area contributed by atoms with Crippen LogP contribution in [-0.4, -0.2) is 40.0 Å². The van der Waals surface area contributed by atoms with Gasteiger partial charge in [0.2, 0.25) is 23.1 Å². The standard InChI is InChI=1S/C26H42O5/c1-18(2)12-10-13-19(3)14-11-15-20(4)16-17-22-21(5)26(30-8,31-9)25(29-7)24(28-6)23(22)27/h12,14,16,21-22H,10-11,13,15,17H2,1-9H3/b19-14+,20-16+/t21?,22-/m1/s1. The highest BCUT2D eigenvalue weighted by Gasteiger charge is 2.54. The molecular formula is C26H42O5. The molecule has 0 radical (unpaired) electrons. The summed E-state index contributed by atoms with van der Waals surface area (Å²) in [6.45, 7) is 10.5. The molecule has 0 amide bonds. The molecule has 31 heavy (non-hydrogen) atoms. The van der Waals surface area contributed by atoms with Crippen LogP contribution in [0.25, 0.3) is 0 Å². The van der Waals surface area contributed by atoms with Gasteiger partial charge in [-0.25, -0.2) is 0 Å². The molecule has 1 aliphatic carbocycles. The van der Waals surface area contributed by atoms with Crippen LogP contribution in [0.2, 0.25) is 0 Å². The first kappa shape index (κ1) is 27.2. The topological polar surface area (TPSA) is 54.0 Å². The molecule has 0 heterocycles. The van der Waals surface area contributed by atoms with Gasteiger partial charge in [-0.2, -0.15) is 0 Å². The summed E-state index contributed by atoms with van der Waals surface area (Å²) in [5.74, 6) is -1.30. The highest BCUT2D eigenvalue weighted by Crippen LogP contribution is 2.44. The molecule has 0 N–H and O–H groups in total. The van der Waals surface area contributed by atoms with Crippen LogP contribution >= 0.6 is 0 Å². The van der Waals surface area contributed by atoms with Crippen LogP contribution in [0.4, 0.5) is 0 Å². The third kappa shape index (κ3) is 6.81. The first-order valence-electron chi connectivity index (χ1n) is 11.1. The fourth-order valence-corrected chi connectivity index (χ4v) is 4.18. The van der Waals surface area contributed by atoms with Crippen LogP contribution in [0, 0.1) is 11.8 Å². The second-order valence-corrected chi connectivity index (χ2v) is 8.60. The number of rotatable bonds is 12. The van der Waals surface area contributed by atoms with Gasteiger partial charge in [0.05, 0.1) is 14.2 Å². The Balaban J connectivity index is 2.87. The molecule has 2 atom stereocenters. The van der Waals surface area contributed by atoms with Crippen molar-refractivity contribution in [2.45, 2.75) is 72.5 Å². The van der Waals surface area contributed by atoms with Crippen molar-refractivity contribution < 1.29 is 23.7 Å². The van der Waals surface area contributed by atoms with Gasteiger partial charge in [-0.1, -0.05) is 41.9 Å². The maximum absolute atomic E-state index is 13.1. The van der Waals surface area contributed by atoms with Crippen LogP contribution in [0.5, 0.6) is 0 Å². The minimum absolute atomic E-state index is 0.0735. The van der Waals surface area contributed by atoms with Gasteiger partial charge in [-0.05, 0) is 59.8 Å². The number of ether oxygens (including phenoxy) is 4. The van der Waals surface area contributed by atoms with E-state index in [0.717, 1.165) is 25.7 Å². The van der Waals surface area contributed by atoms with Crippen molar-refractivity contribution in [1.29, 1.82) is 0 Å². The summed E-state index contributed by atoms with van der Waals surface area (Å²) < 4.78 is 22.3. The number of Topliss-reactive ketones (excluding diaryl/α,β-unsaturated/α-hetero) is 1. The van der Waals surface area contributed by atoms with E-state index in [1.165, 1.54) is 30.9 Å². The molecule has 0 saturated heterocycles. The van der Waals surface area contributed by atoms with Gasteiger partial charge in [0.25, 0.3) is 0 Å². The maximum Gasteiger partial charge on any atom is 0.234 e. The molecule has 1 unspecified atom stereocenters. The van der Waals surface area contributed by atoms with E-state index in [1.807, 2.05) is 6.92 Å². The fraction of sp³-hybridized carbons (Fsp3) is 0.654. The molecule has 0 spiro atoms. The lowest BCUT2D eigenvalue weighted by molar-refractivity contribution is -0.244. The Kier molecular flexibility index (Phi) is 11.3. The Morgan fingerprint density at radius 2 is 1.42 bits per heavy atom. The molecule has 1 aliphatic rings. The first-order chi connectivity index (χ1) is 14.7. The largest absolute Gasteiger partial charge is 0.492 e. The number of hydrogen-bond acceptors (Lipinski definition) is 5. The Bertz CT molecular complexity index is 718. The Hall–Kier alpha value is -1.85. The Morgan fingerprint density at radius 1 is 0.871 bits per heavy atom. The molecule has 0 bridgehead atoms. The van der Waals surface area contributed by atoms with E-state index < -0.39 is 5.79 Å². The highest BCUT2D eigenvalue weighted by atomic mass is 16.7. The highest BCUT2D eigenvalue weighted by molar-refractivity contribution is 5.97. The van der Waals surface area contributed by atoms with Gasteiger partial charge in [-0.15, -0.1) is 0 Å².